The Hall–Kier alpha value is -2.47. The summed E-state index contributed by atoms with van der Waals surface area (Å²) < 4.78 is 1.20. The first-order valence-electron chi connectivity index (χ1n) is 9.09. The Bertz CT molecular complexity index is 901. The molecule has 4 rings (SSSR count). The summed E-state index contributed by atoms with van der Waals surface area (Å²) in [5.41, 5.74) is 1.21. The number of nitrogens with zero attached hydrogens (tertiary/aromatic N) is 4. The van der Waals surface area contributed by atoms with Crippen LogP contribution in [0.25, 0.3) is 10.1 Å². The van der Waals surface area contributed by atoms with Gasteiger partial charge in [0.2, 0.25) is 5.95 Å². The molecule has 1 amide bonds. The molecule has 0 spiro atoms. The fourth-order valence-corrected chi connectivity index (χ4v) is 4.70. The van der Waals surface area contributed by atoms with Crippen LogP contribution in [0.3, 0.4) is 0 Å². The lowest BCUT2D eigenvalue weighted by atomic mass is 10.1. The van der Waals surface area contributed by atoms with Crippen LogP contribution in [0.5, 0.6) is 0 Å². The zero-order chi connectivity index (χ0) is 17.9. The number of carbonyl (C=O) groups is 1. The molecule has 1 fully saturated rings. The standard InChI is InChI=1S/C20H22N4OS/c1-2-6-16-15-7-3-4-8-17(15)26-18(16)19(25)23-11-13-24(14-12-23)20-21-9-5-10-22-20/h3-5,7-10H,2,6,11-14H2,1H3. The first kappa shape index (κ1) is 17.0. The van der Waals surface area contributed by atoms with Gasteiger partial charge in [-0.15, -0.1) is 11.3 Å². The molecule has 26 heavy (non-hydrogen) atoms. The maximum absolute atomic E-state index is 13.2. The minimum Gasteiger partial charge on any atom is -0.337 e. The van der Waals surface area contributed by atoms with Gasteiger partial charge < -0.3 is 9.80 Å². The summed E-state index contributed by atoms with van der Waals surface area (Å²) in [4.78, 5) is 26.8. The van der Waals surface area contributed by atoms with Gasteiger partial charge in [-0.25, -0.2) is 9.97 Å². The molecule has 6 heteroatoms. The maximum Gasteiger partial charge on any atom is 0.264 e. The Morgan fingerprint density at radius 2 is 1.81 bits per heavy atom. The van der Waals surface area contributed by atoms with Crippen LogP contribution >= 0.6 is 11.3 Å². The topological polar surface area (TPSA) is 49.3 Å². The predicted molar refractivity (Wildman–Crippen MR) is 106 cm³/mol. The van der Waals surface area contributed by atoms with Gasteiger partial charge in [0.15, 0.2) is 0 Å². The summed E-state index contributed by atoms with van der Waals surface area (Å²) in [7, 11) is 0. The van der Waals surface area contributed by atoms with Crippen molar-refractivity contribution in [1.29, 1.82) is 0 Å². The van der Waals surface area contributed by atoms with Gasteiger partial charge in [0.25, 0.3) is 5.91 Å². The van der Waals surface area contributed by atoms with E-state index >= 15 is 0 Å². The third kappa shape index (κ3) is 3.17. The summed E-state index contributed by atoms with van der Waals surface area (Å²) in [6.07, 6.45) is 5.51. The van der Waals surface area contributed by atoms with Crippen LogP contribution in [0.2, 0.25) is 0 Å². The minimum absolute atomic E-state index is 0.170. The fourth-order valence-electron chi connectivity index (χ4n) is 3.48. The summed E-state index contributed by atoms with van der Waals surface area (Å²) >= 11 is 1.63. The van der Waals surface area contributed by atoms with Crippen LogP contribution < -0.4 is 4.90 Å². The average molecular weight is 366 g/mol. The number of benzene rings is 1. The van der Waals surface area contributed by atoms with Crippen molar-refractivity contribution in [2.45, 2.75) is 19.8 Å². The first-order chi connectivity index (χ1) is 12.8. The van der Waals surface area contributed by atoms with Crippen molar-refractivity contribution >= 4 is 33.3 Å². The van der Waals surface area contributed by atoms with E-state index in [-0.39, 0.29) is 5.91 Å². The van der Waals surface area contributed by atoms with Crippen LogP contribution in [-0.4, -0.2) is 47.0 Å². The SMILES string of the molecule is CCCc1c(C(=O)N2CCN(c3ncccn3)CC2)sc2ccccc12. The van der Waals surface area contributed by atoms with Crippen LogP contribution in [-0.2, 0) is 6.42 Å². The Morgan fingerprint density at radius 1 is 1.08 bits per heavy atom. The Morgan fingerprint density at radius 3 is 2.54 bits per heavy atom. The van der Waals surface area contributed by atoms with E-state index in [1.807, 2.05) is 17.0 Å². The molecule has 3 aromatic rings. The Kier molecular flexibility index (Phi) is 4.84. The highest BCUT2D eigenvalue weighted by molar-refractivity contribution is 7.21. The highest BCUT2D eigenvalue weighted by atomic mass is 32.1. The highest BCUT2D eigenvalue weighted by Crippen LogP contribution is 2.33. The molecular weight excluding hydrogens is 344 g/mol. The van der Waals surface area contributed by atoms with Gasteiger partial charge in [-0.2, -0.15) is 0 Å². The molecule has 1 aliphatic rings. The van der Waals surface area contributed by atoms with Crippen molar-refractivity contribution in [2.75, 3.05) is 31.1 Å². The van der Waals surface area contributed by atoms with E-state index in [4.69, 9.17) is 0 Å². The van der Waals surface area contributed by atoms with Crippen LogP contribution in [0.15, 0.2) is 42.7 Å². The largest absolute Gasteiger partial charge is 0.337 e. The molecule has 1 aromatic carbocycles. The van der Waals surface area contributed by atoms with Gasteiger partial charge in [0.05, 0.1) is 4.88 Å². The first-order valence-corrected chi connectivity index (χ1v) is 9.91. The number of piperazine rings is 1. The summed E-state index contributed by atoms with van der Waals surface area (Å²) in [5.74, 6) is 0.913. The van der Waals surface area contributed by atoms with E-state index in [0.29, 0.717) is 13.1 Å². The van der Waals surface area contributed by atoms with Crippen molar-refractivity contribution in [3.05, 3.63) is 53.2 Å². The molecule has 134 valence electrons. The zero-order valence-corrected chi connectivity index (χ0v) is 15.7. The Labute approximate surface area is 157 Å². The van der Waals surface area contributed by atoms with Crippen molar-refractivity contribution in [3.8, 4) is 0 Å². The monoisotopic (exact) mass is 366 g/mol. The number of rotatable bonds is 4. The van der Waals surface area contributed by atoms with Crippen molar-refractivity contribution in [3.63, 3.8) is 0 Å². The number of hydrogen-bond donors (Lipinski definition) is 0. The van der Waals surface area contributed by atoms with Gasteiger partial charge in [-0.1, -0.05) is 31.5 Å². The second-order valence-corrected chi connectivity index (χ2v) is 7.54. The summed E-state index contributed by atoms with van der Waals surface area (Å²) in [6.45, 7) is 5.11. The number of fused-ring (bicyclic) bond motifs is 1. The second kappa shape index (κ2) is 7.41. The molecule has 0 atom stereocenters. The average Bonchev–Trinajstić information content (AvgIpc) is 3.07. The second-order valence-electron chi connectivity index (χ2n) is 6.48. The number of amides is 1. The van der Waals surface area contributed by atoms with Gasteiger partial charge >= 0.3 is 0 Å². The quantitative estimate of drug-likeness (QED) is 0.708. The van der Waals surface area contributed by atoms with E-state index in [2.05, 4.69) is 40.0 Å². The Balaban J connectivity index is 1.54. The molecule has 0 N–H and O–H groups in total. The molecular formula is C20H22N4OS. The molecule has 0 aliphatic carbocycles. The molecule has 1 aliphatic heterocycles. The molecule has 0 saturated carbocycles. The van der Waals surface area contributed by atoms with E-state index in [0.717, 1.165) is 36.8 Å². The summed E-state index contributed by atoms with van der Waals surface area (Å²) in [5, 5.41) is 1.24. The van der Waals surface area contributed by atoms with E-state index in [1.54, 1.807) is 23.7 Å². The van der Waals surface area contributed by atoms with Gasteiger partial charge in [-0.3, -0.25) is 4.79 Å². The van der Waals surface area contributed by atoms with Crippen molar-refractivity contribution in [1.82, 2.24) is 14.9 Å². The van der Waals surface area contributed by atoms with Crippen LogP contribution in [0.1, 0.15) is 28.6 Å². The zero-order valence-electron chi connectivity index (χ0n) is 14.9. The van der Waals surface area contributed by atoms with E-state index in [1.165, 1.54) is 15.6 Å². The van der Waals surface area contributed by atoms with E-state index < -0.39 is 0 Å². The molecule has 5 nitrogen and oxygen atoms in total. The molecule has 2 aromatic heterocycles. The lowest BCUT2D eigenvalue weighted by Gasteiger charge is -2.34. The lowest BCUT2D eigenvalue weighted by molar-refractivity contribution is 0.0750. The number of hydrogen-bond acceptors (Lipinski definition) is 5. The van der Waals surface area contributed by atoms with E-state index in [9.17, 15) is 4.79 Å². The van der Waals surface area contributed by atoms with Crippen molar-refractivity contribution in [2.24, 2.45) is 0 Å². The third-order valence-electron chi connectivity index (χ3n) is 4.79. The number of anilines is 1. The molecule has 0 radical (unpaired) electrons. The number of aromatic nitrogens is 2. The lowest BCUT2D eigenvalue weighted by Crippen LogP contribution is -2.49. The van der Waals surface area contributed by atoms with Crippen LogP contribution in [0, 0.1) is 0 Å². The molecule has 0 bridgehead atoms. The fraction of sp³-hybridized carbons (Fsp3) is 0.350. The van der Waals surface area contributed by atoms with Crippen LogP contribution in [0.4, 0.5) is 5.95 Å². The minimum atomic E-state index is 0.170. The molecule has 0 unspecified atom stereocenters. The summed E-state index contributed by atoms with van der Waals surface area (Å²) in [6, 6.07) is 10.2. The highest BCUT2D eigenvalue weighted by Gasteiger charge is 2.26. The van der Waals surface area contributed by atoms with Gasteiger partial charge in [-0.05, 0) is 29.5 Å². The van der Waals surface area contributed by atoms with Crippen molar-refractivity contribution < 1.29 is 4.79 Å². The van der Waals surface area contributed by atoms with Gasteiger partial charge in [0.1, 0.15) is 0 Å². The normalized spacial score (nSPS) is 14.8. The molecule has 1 saturated heterocycles. The maximum atomic E-state index is 13.2. The third-order valence-corrected chi connectivity index (χ3v) is 6.00. The number of aryl methyl sites for hydroxylation is 1. The predicted octanol–water partition coefficient (Wildman–Crippen LogP) is 3.61. The van der Waals surface area contributed by atoms with Gasteiger partial charge in [0, 0.05) is 43.3 Å². The number of thiophene rings is 1. The number of carbonyl (C=O) groups excluding carboxylic acids is 1. The molecule has 3 heterocycles. The smallest absolute Gasteiger partial charge is 0.264 e.